The van der Waals surface area contributed by atoms with Crippen molar-refractivity contribution >= 4 is 45.4 Å². The first kappa shape index (κ1) is 15.6. The molecule has 24 heavy (non-hydrogen) atoms. The van der Waals surface area contributed by atoms with Crippen LogP contribution in [0.2, 0.25) is 12.6 Å². The van der Waals surface area contributed by atoms with E-state index in [9.17, 15) is 5.26 Å². The Morgan fingerprint density at radius 3 is 3.12 bits per heavy atom. The minimum atomic E-state index is 0.0956. The van der Waals surface area contributed by atoms with Crippen LogP contribution >= 0.6 is 27.3 Å². The lowest BCUT2D eigenvalue weighted by atomic mass is 9.41. The summed E-state index contributed by atoms with van der Waals surface area (Å²) >= 11 is 5.14. The Balaban J connectivity index is 1.85. The predicted molar refractivity (Wildman–Crippen MR) is 99.2 cm³/mol. The zero-order valence-corrected chi connectivity index (χ0v) is 15.2. The smallest absolute Gasteiger partial charge is 0.268 e. The summed E-state index contributed by atoms with van der Waals surface area (Å²) < 4.78 is 2.43. The highest BCUT2D eigenvalue weighted by Crippen LogP contribution is 2.39. The number of nitriles is 1. The fraction of sp³-hybridized carbons (Fsp3) is 0.333. The molecule has 0 amide bonds. The van der Waals surface area contributed by atoms with Crippen LogP contribution in [-0.2, 0) is 0 Å². The van der Waals surface area contributed by atoms with E-state index >= 15 is 0 Å². The van der Waals surface area contributed by atoms with Crippen molar-refractivity contribution in [2.45, 2.75) is 31.4 Å². The van der Waals surface area contributed by atoms with E-state index < -0.39 is 0 Å². The van der Waals surface area contributed by atoms with E-state index in [1.807, 2.05) is 5.38 Å². The van der Waals surface area contributed by atoms with Gasteiger partial charge in [-0.2, -0.15) is 9.61 Å². The van der Waals surface area contributed by atoms with Gasteiger partial charge in [-0.05, 0) is 28.3 Å². The molecule has 0 aromatic carbocycles. The van der Waals surface area contributed by atoms with Crippen molar-refractivity contribution in [3.05, 3.63) is 27.9 Å². The molecule has 0 spiro atoms. The zero-order valence-electron chi connectivity index (χ0n) is 12.8. The van der Waals surface area contributed by atoms with Crippen LogP contribution in [-0.4, -0.2) is 26.3 Å². The van der Waals surface area contributed by atoms with Crippen molar-refractivity contribution in [3.8, 4) is 16.5 Å². The molecule has 1 fully saturated rings. The summed E-state index contributed by atoms with van der Waals surface area (Å²) in [4.78, 5) is 9.23. The number of nitrogen functional groups attached to an aromatic ring is 1. The van der Waals surface area contributed by atoms with E-state index in [1.54, 1.807) is 28.2 Å². The third kappa shape index (κ3) is 2.50. The van der Waals surface area contributed by atoms with Crippen molar-refractivity contribution in [1.29, 1.82) is 5.26 Å². The van der Waals surface area contributed by atoms with Gasteiger partial charge in [0.2, 0.25) is 0 Å². The number of anilines is 1. The third-order valence-corrected chi connectivity index (χ3v) is 6.17. The molecule has 9 heteroatoms. The van der Waals surface area contributed by atoms with Gasteiger partial charge in [-0.1, -0.05) is 19.1 Å². The topological polar surface area (TPSA) is 92.9 Å². The van der Waals surface area contributed by atoms with Crippen LogP contribution in [0.25, 0.3) is 16.2 Å². The monoisotopic (exact) mass is 400 g/mol. The summed E-state index contributed by atoms with van der Waals surface area (Å²) in [7, 11) is 0. The molecule has 0 aliphatic carbocycles. The first-order valence-electron chi connectivity index (χ1n) is 7.81. The number of fused-ring (bicyclic) bond motifs is 1. The van der Waals surface area contributed by atoms with Crippen LogP contribution in [0.4, 0.5) is 5.82 Å². The second kappa shape index (κ2) is 6.18. The lowest BCUT2D eigenvalue weighted by Gasteiger charge is -2.24. The minimum Gasteiger partial charge on any atom is -0.383 e. The van der Waals surface area contributed by atoms with Gasteiger partial charge >= 0.3 is 0 Å². The maximum atomic E-state index is 9.26. The number of rotatable bonds is 2. The Labute approximate surface area is 151 Å². The van der Waals surface area contributed by atoms with Gasteiger partial charge in [0, 0.05) is 17.5 Å². The molecule has 3 aromatic heterocycles. The summed E-state index contributed by atoms with van der Waals surface area (Å²) in [6, 6.07) is 0. The van der Waals surface area contributed by atoms with E-state index in [4.69, 9.17) is 10.7 Å². The number of hydrogen-bond acceptors (Lipinski definition) is 6. The first-order valence-corrected chi connectivity index (χ1v) is 9.48. The van der Waals surface area contributed by atoms with E-state index in [0.717, 1.165) is 51.9 Å². The van der Waals surface area contributed by atoms with Gasteiger partial charge in [0.15, 0.2) is 5.65 Å². The van der Waals surface area contributed by atoms with Crippen LogP contribution in [0.15, 0.2) is 22.2 Å². The Morgan fingerprint density at radius 2 is 2.38 bits per heavy atom. The molecule has 1 unspecified atom stereocenters. The summed E-state index contributed by atoms with van der Waals surface area (Å²) in [5.41, 5.74) is 8.83. The molecular formula is C15H14BBrN6S. The van der Waals surface area contributed by atoms with Crippen molar-refractivity contribution in [2.75, 3.05) is 5.73 Å². The molecule has 0 radical (unpaired) electrons. The summed E-state index contributed by atoms with van der Waals surface area (Å²) in [5.74, 6) is 3.18. The fourth-order valence-electron chi connectivity index (χ4n) is 3.35. The number of hydrogen-bond donors (Lipinski definition) is 1. The van der Waals surface area contributed by atoms with Crippen LogP contribution in [0.5, 0.6) is 0 Å². The van der Waals surface area contributed by atoms with Crippen LogP contribution in [0.3, 0.4) is 0 Å². The van der Waals surface area contributed by atoms with E-state index in [0.29, 0.717) is 5.82 Å². The quantitative estimate of drug-likeness (QED) is 0.662. The second-order valence-corrected chi connectivity index (χ2v) is 7.70. The molecule has 3 aromatic rings. The average Bonchev–Trinajstić information content (AvgIpc) is 3.27. The Kier molecular flexibility index (Phi) is 4.02. The van der Waals surface area contributed by atoms with Crippen molar-refractivity contribution in [3.63, 3.8) is 0 Å². The molecule has 1 saturated heterocycles. The van der Waals surface area contributed by atoms with Crippen LogP contribution in [0, 0.1) is 11.2 Å². The molecule has 4 heterocycles. The maximum absolute atomic E-state index is 9.26. The highest BCUT2D eigenvalue weighted by molar-refractivity contribution is 9.10. The van der Waals surface area contributed by atoms with Gasteiger partial charge in [0.25, 0.3) is 6.71 Å². The molecule has 6 nitrogen and oxygen atoms in total. The fourth-order valence-corrected chi connectivity index (χ4v) is 4.57. The van der Waals surface area contributed by atoms with Gasteiger partial charge in [-0.15, -0.1) is 11.3 Å². The number of nitrogens with zero attached hydrogens (tertiary/aromatic N) is 5. The van der Waals surface area contributed by atoms with Gasteiger partial charge in [0.1, 0.15) is 10.8 Å². The summed E-state index contributed by atoms with van der Waals surface area (Å²) in [6.07, 6.45) is 7.40. The average molecular weight is 401 g/mol. The second-order valence-electron chi connectivity index (χ2n) is 6.02. The van der Waals surface area contributed by atoms with Gasteiger partial charge < -0.3 is 5.73 Å². The standard InChI is InChI=1S/C15H14BBrN6S/c17-11-12(9-2-1-3-16(6-9)8-18)22-14-10(15-20-4-5-24-15)7-21-23(14)13(11)19/h4-5,7,9H,1-3,6,19H2. The van der Waals surface area contributed by atoms with E-state index in [-0.39, 0.29) is 12.6 Å². The van der Waals surface area contributed by atoms with Crippen LogP contribution < -0.4 is 5.73 Å². The third-order valence-electron chi connectivity index (χ3n) is 4.55. The molecule has 1 aliphatic rings. The summed E-state index contributed by atoms with van der Waals surface area (Å²) in [6.45, 7) is 0.0956. The van der Waals surface area contributed by atoms with Gasteiger partial charge in [0.05, 0.1) is 21.9 Å². The molecular weight excluding hydrogens is 387 g/mol. The van der Waals surface area contributed by atoms with E-state index in [1.165, 1.54) is 0 Å². The lowest BCUT2D eigenvalue weighted by molar-refractivity contribution is 0.612. The molecule has 120 valence electrons. The molecule has 0 saturated carbocycles. The molecule has 1 aliphatic heterocycles. The predicted octanol–water partition coefficient (Wildman–Crippen LogP) is 3.63. The molecule has 4 rings (SSSR count). The molecule has 1 atom stereocenters. The first-order chi connectivity index (χ1) is 11.7. The Hall–Kier alpha value is -1.92. The Morgan fingerprint density at radius 1 is 1.50 bits per heavy atom. The largest absolute Gasteiger partial charge is 0.383 e. The number of thiazole rings is 1. The number of nitrogens with two attached hydrogens (primary N) is 1. The van der Waals surface area contributed by atoms with Gasteiger partial charge in [-0.25, -0.2) is 15.2 Å². The lowest BCUT2D eigenvalue weighted by Crippen LogP contribution is -2.21. The van der Waals surface area contributed by atoms with Crippen molar-refractivity contribution in [2.24, 2.45) is 0 Å². The highest BCUT2D eigenvalue weighted by atomic mass is 79.9. The summed E-state index contributed by atoms with van der Waals surface area (Å²) in [5, 5.41) is 16.4. The zero-order chi connectivity index (χ0) is 16.7. The highest BCUT2D eigenvalue weighted by Gasteiger charge is 2.30. The van der Waals surface area contributed by atoms with Crippen molar-refractivity contribution < 1.29 is 0 Å². The minimum absolute atomic E-state index is 0.0956. The maximum Gasteiger partial charge on any atom is 0.268 e. The van der Waals surface area contributed by atoms with Crippen LogP contribution in [0.1, 0.15) is 24.5 Å². The van der Waals surface area contributed by atoms with Gasteiger partial charge in [-0.3, -0.25) is 0 Å². The van der Waals surface area contributed by atoms with Crippen molar-refractivity contribution in [1.82, 2.24) is 19.6 Å². The molecule has 0 bridgehead atoms. The molecule has 2 N–H and O–H groups in total. The number of aromatic nitrogens is 4. The van der Waals surface area contributed by atoms with E-state index in [2.05, 4.69) is 32.0 Å². The number of halogens is 1. The SMILES string of the molecule is N#CB1CCCC(c2nc3c(-c4nccs4)cnn3c(N)c2Br)C1. The normalized spacial score (nSPS) is 18.0. The Bertz CT molecular complexity index is 932.